The Hall–Kier alpha value is -2.37. The highest BCUT2D eigenvalue weighted by Gasteiger charge is 2.08. The first-order valence-electron chi connectivity index (χ1n) is 4.57. The summed E-state index contributed by atoms with van der Waals surface area (Å²) >= 11 is 0. The van der Waals surface area contributed by atoms with E-state index >= 15 is 0 Å². The van der Waals surface area contributed by atoms with Gasteiger partial charge in [-0.3, -0.25) is 9.89 Å². The van der Waals surface area contributed by atoms with Crippen molar-refractivity contribution >= 4 is 5.97 Å². The van der Waals surface area contributed by atoms with Crippen molar-refractivity contribution in [3.8, 4) is 17.1 Å². The second kappa shape index (κ2) is 4.01. The first-order chi connectivity index (χ1) is 7.65. The molecule has 0 aliphatic carbocycles. The fourth-order valence-corrected chi connectivity index (χ4v) is 1.26. The van der Waals surface area contributed by atoms with Crippen molar-refractivity contribution in [2.24, 2.45) is 0 Å². The van der Waals surface area contributed by atoms with E-state index in [1.165, 1.54) is 12.1 Å². The minimum Gasteiger partial charge on any atom is -0.508 e. The molecule has 1 heterocycles. The molecule has 6 nitrogen and oxygen atoms in total. The zero-order valence-corrected chi connectivity index (χ0v) is 8.21. The Balaban J connectivity index is 2.24. The van der Waals surface area contributed by atoms with Crippen LogP contribution in [0.2, 0.25) is 0 Å². The normalized spacial score (nSPS) is 10.2. The first-order valence-corrected chi connectivity index (χ1v) is 4.57. The number of nitrogens with one attached hydrogen (secondary N) is 1. The lowest BCUT2D eigenvalue weighted by Crippen LogP contribution is -2.01. The van der Waals surface area contributed by atoms with E-state index < -0.39 is 5.97 Å². The molecule has 3 N–H and O–H groups in total. The number of aromatic hydroxyl groups is 1. The summed E-state index contributed by atoms with van der Waals surface area (Å²) in [6.07, 6.45) is -0.189. The third-order valence-electron chi connectivity index (χ3n) is 1.98. The third-order valence-corrected chi connectivity index (χ3v) is 1.98. The Morgan fingerprint density at radius 1 is 1.31 bits per heavy atom. The highest BCUT2D eigenvalue weighted by Crippen LogP contribution is 2.18. The maximum absolute atomic E-state index is 10.4. The van der Waals surface area contributed by atoms with E-state index in [0.29, 0.717) is 17.2 Å². The molecule has 0 aliphatic heterocycles. The number of H-pyrrole nitrogens is 1. The molecule has 0 atom stereocenters. The Bertz CT molecular complexity index is 504. The average Bonchev–Trinajstić information content (AvgIpc) is 2.66. The standard InChI is InChI=1S/C10H9N3O3/c14-7-3-1-6(2-4-7)10-11-8(12-13-10)5-9(15)16/h1-4,14H,5H2,(H,15,16)(H,11,12,13). The minimum absolute atomic E-state index is 0.157. The number of hydrogen-bond acceptors (Lipinski definition) is 4. The molecule has 1 aromatic carbocycles. The lowest BCUT2D eigenvalue weighted by molar-refractivity contribution is -0.136. The van der Waals surface area contributed by atoms with E-state index in [2.05, 4.69) is 15.2 Å². The largest absolute Gasteiger partial charge is 0.508 e. The zero-order chi connectivity index (χ0) is 11.5. The lowest BCUT2D eigenvalue weighted by Gasteiger charge is -1.94. The second-order valence-electron chi connectivity index (χ2n) is 3.22. The molecule has 0 fully saturated rings. The molecule has 0 saturated carbocycles. The van der Waals surface area contributed by atoms with Crippen LogP contribution < -0.4 is 0 Å². The van der Waals surface area contributed by atoms with E-state index in [-0.39, 0.29) is 12.2 Å². The van der Waals surface area contributed by atoms with Crippen LogP contribution in [-0.4, -0.2) is 31.4 Å². The molecule has 0 unspecified atom stereocenters. The Morgan fingerprint density at radius 3 is 2.62 bits per heavy atom. The molecular weight excluding hydrogens is 210 g/mol. The summed E-state index contributed by atoms with van der Waals surface area (Å²) in [5, 5.41) is 24.1. The predicted octanol–water partition coefficient (Wildman–Crippen LogP) is 0.804. The molecule has 0 radical (unpaired) electrons. The summed E-state index contributed by atoms with van der Waals surface area (Å²) < 4.78 is 0. The van der Waals surface area contributed by atoms with Crippen LogP contribution in [0.5, 0.6) is 5.75 Å². The fraction of sp³-hybridized carbons (Fsp3) is 0.100. The van der Waals surface area contributed by atoms with Gasteiger partial charge in [-0.25, -0.2) is 4.98 Å². The van der Waals surface area contributed by atoms with Crippen molar-refractivity contribution in [2.75, 3.05) is 0 Å². The molecular formula is C10H9N3O3. The van der Waals surface area contributed by atoms with Gasteiger partial charge in [-0.05, 0) is 24.3 Å². The van der Waals surface area contributed by atoms with E-state index in [1.807, 2.05) is 0 Å². The molecule has 16 heavy (non-hydrogen) atoms. The van der Waals surface area contributed by atoms with Crippen LogP contribution in [0.1, 0.15) is 5.82 Å². The predicted molar refractivity (Wildman–Crippen MR) is 54.8 cm³/mol. The molecule has 1 aromatic heterocycles. The molecule has 0 spiro atoms. The van der Waals surface area contributed by atoms with E-state index in [1.54, 1.807) is 12.1 Å². The highest BCUT2D eigenvalue weighted by atomic mass is 16.4. The molecule has 0 bridgehead atoms. The smallest absolute Gasteiger partial charge is 0.311 e. The number of phenols is 1. The summed E-state index contributed by atoms with van der Waals surface area (Å²) in [6, 6.07) is 6.34. The number of carboxylic acid groups (broad SMARTS) is 1. The van der Waals surface area contributed by atoms with Crippen LogP contribution >= 0.6 is 0 Å². The molecule has 2 aromatic rings. The van der Waals surface area contributed by atoms with Crippen LogP contribution in [-0.2, 0) is 11.2 Å². The van der Waals surface area contributed by atoms with Gasteiger partial charge < -0.3 is 10.2 Å². The molecule has 0 aliphatic rings. The topological polar surface area (TPSA) is 99.1 Å². The minimum atomic E-state index is -0.964. The summed E-state index contributed by atoms with van der Waals surface area (Å²) in [5.74, 6) is -0.0923. The summed E-state index contributed by atoms with van der Waals surface area (Å²) in [4.78, 5) is 14.5. The van der Waals surface area contributed by atoms with Gasteiger partial charge in [0, 0.05) is 5.56 Å². The first kappa shape index (κ1) is 10.2. The monoisotopic (exact) mass is 219 g/mol. The van der Waals surface area contributed by atoms with Gasteiger partial charge >= 0.3 is 5.97 Å². The number of nitrogens with zero attached hydrogens (tertiary/aromatic N) is 2. The van der Waals surface area contributed by atoms with Gasteiger partial charge in [0.2, 0.25) is 0 Å². The van der Waals surface area contributed by atoms with Gasteiger partial charge in [-0.15, -0.1) is 0 Å². The molecule has 82 valence electrons. The van der Waals surface area contributed by atoms with Crippen molar-refractivity contribution < 1.29 is 15.0 Å². The van der Waals surface area contributed by atoms with Crippen molar-refractivity contribution in [1.82, 2.24) is 15.2 Å². The Kier molecular flexibility index (Phi) is 2.55. The molecule has 6 heteroatoms. The van der Waals surface area contributed by atoms with E-state index in [4.69, 9.17) is 10.2 Å². The second-order valence-corrected chi connectivity index (χ2v) is 3.22. The average molecular weight is 219 g/mol. The number of carbonyl (C=O) groups is 1. The van der Waals surface area contributed by atoms with Gasteiger partial charge in [0.15, 0.2) is 5.82 Å². The molecule has 2 rings (SSSR count). The van der Waals surface area contributed by atoms with Gasteiger partial charge in [0.25, 0.3) is 0 Å². The maximum atomic E-state index is 10.4. The number of aromatic nitrogens is 3. The number of aliphatic carboxylic acids is 1. The van der Waals surface area contributed by atoms with Crippen molar-refractivity contribution in [1.29, 1.82) is 0 Å². The van der Waals surface area contributed by atoms with E-state index in [0.717, 1.165) is 0 Å². The number of rotatable bonds is 3. The van der Waals surface area contributed by atoms with Crippen molar-refractivity contribution in [3.05, 3.63) is 30.1 Å². The van der Waals surface area contributed by atoms with Gasteiger partial charge in [0.05, 0.1) is 0 Å². The van der Waals surface area contributed by atoms with Crippen LogP contribution in [0.15, 0.2) is 24.3 Å². The number of benzene rings is 1. The number of carboxylic acids is 1. The SMILES string of the molecule is O=C(O)Cc1nc(-c2ccc(O)cc2)n[nH]1. The Labute approximate surface area is 90.6 Å². The zero-order valence-electron chi connectivity index (χ0n) is 8.21. The van der Waals surface area contributed by atoms with Gasteiger partial charge in [-0.2, -0.15) is 5.10 Å². The highest BCUT2D eigenvalue weighted by molar-refractivity contribution is 5.69. The van der Waals surface area contributed by atoms with Crippen molar-refractivity contribution in [2.45, 2.75) is 6.42 Å². The van der Waals surface area contributed by atoms with Crippen LogP contribution in [0, 0.1) is 0 Å². The summed E-state index contributed by atoms with van der Waals surface area (Å²) in [5.41, 5.74) is 0.714. The number of phenolic OH excluding ortho intramolecular Hbond substituents is 1. The van der Waals surface area contributed by atoms with Crippen LogP contribution in [0.25, 0.3) is 11.4 Å². The lowest BCUT2D eigenvalue weighted by atomic mass is 10.2. The van der Waals surface area contributed by atoms with Gasteiger partial charge in [0.1, 0.15) is 18.0 Å². The van der Waals surface area contributed by atoms with E-state index in [9.17, 15) is 4.79 Å². The number of hydrogen-bond donors (Lipinski definition) is 3. The molecule has 0 saturated heterocycles. The summed E-state index contributed by atoms with van der Waals surface area (Å²) in [7, 11) is 0. The number of aromatic amines is 1. The van der Waals surface area contributed by atoms with Gasteiger partial charge in [-0.1, -0.05) is 0 Å². The van der Waals surface area contributed by atoms with Crippen LogP contribution in [0.3, 0.4) is 0 Å². The third kappa shape index (κ3) is 2.17. The van der Waals surface area contributed by atoms with Crippen LogP contribution in [0.4, 0.5) is 0 Å². The molecule has 0 amide bonds. The maximum Gasteiger partial charge on any atom is 0.311 e. The quantitative estimate of drug-likeness (QED) is 0.709. The van der Waals surface area contributed by atoms with Crippen molar-refractivity contribution in [3.63, 3.8) is 0 Å². The summed E-state index contributed by atoms with van der Waals surface area (Å²) in [6.45, 7) is 0. The Morgan fingerprint density at radius 2 is 2.00 bits per heavy atom. The fourth-order valence-electron chi connectivity index (χ4n) is 1.26.